The topological polar surface area (TPSA) is 32.3 Å². The Morgan fingerprint density at radius 1 is 1.11 bits per heavy atom. The highest BCUT2D eigenvalue weighted by Crippen LogP contribution is 2.29. The zero-order chi connectivity index (χ0) is 12.6. The second-order valence-electron chi connectivity index (χ2n) is 4.94. The Balaban J connectivity index is 1.78. The lowest BCUT2D eigenvalue weighted by Crippen LogP contribution is -2.27. The van der Waals surface area contributed by atoms with E-state index in [-0.39, 0.29) is 13.0 Å². The van der Waals surface area contributed by atoms with E-state index >= 15 is 0 Å². The Kier molecular flexibility index (Phi) is 2.80. The van der Waals surface area contributed by atoms with E-state index in [1.807, 2.05) is 6.07 Å². The molecule has 3 heterocycles. The maximum atomic E-state index is 13.2. The molecule has 0 unspecified atom stereocenters. The van der Waals surface area contributed by atoms with Crippen LogP contribution in [0.5, 0.6) is 0 Å². The Morgan fingerprint density at radius 3 is 2.56 bits per heavy atom. The summed E-state index contributed by atoms with van der Waals surface area (Å²) < 4.78 is 26.3. The smallest absolute Gasteiger partial charge is 0.267 e. The van der Waals surface area contributed by atoms with Crippen LogP contribution in [-0.2, 0) is 0 Å². The fourth-order valence-electron chi connectivity index (χ4n) is 2.52. The van der Waals surface area contributed by atoms with E-state index in [2.05, 4.69) is 14.9 Å². The van der Waals surface area contributed by atoms with E-state index in [1.165, 1.54) is 12.8 Å². The van der Waals surface area contributed by atoms with Crippen LogP contribution in [0.1, 0.15) is 19.3 Å². The van der Waals surface area contributed by atoms with Gasteiger partial charge in [0, 0.05) is 32.3 Å². The summed E-state index contributed by atoms with van der Waals surface area (Å²) in [5.74, 6) is -1.32. The van der Waals surface area contributed by atoms with Crippen molar-refractivity contribution in [1.82, 2.24) is 9.97 Å². The summed E-state index contributed by atoms with van der Waals surface area (Å²) in [6, 6.07) is 1.85. The first-order valence-corrected chi connectivity index (χ1v) is 6.35. The molecule has 0 saturated carbocycles. The van der Waals surface area contributed by atoms with Crippen molar-refractivity contribution < 1.29 is 8.78 Å². The summed E-state index contributed by atoms with van der Waals surface area (Å²) in [5, 5.41) is 0. The minimum Gasteiger partial charge on any atom is -0.356 e. The minimum atomic E-state index is -2.60. The number of hydrogen-bond acceptors (Lipinski definition) is 4. The second kappa shape index (κ2) is 4.33. The monoisotopic (exact) mass is 254 g/mol. The van der Waals surface area contributed by atoms with Gasteiger partial charge < -0.3 is 9.80 Å². The molecule has 0 atom stereocenters. The van der Waals surface area contributed by atoms with Gasteiger partial charge in [-0.15, -0.1) is 0 Å². The second-order valence-corrected chi connectivity index (χ2v) is 4.94. The number of aromatic nitrogens is 2. The lowest BCUT2D eigenvalue weighted by Gasteiger charge is -2.20. The summed E-state index contributed by atoms with van der Waals surface area (Å²) in [4.78, 5) is 12.3. The molecule has 6 heteroatoms. The van der Waals surface area contributed by atoms with Crippen LogP contribution in [0.2, 0.25) is 0 Å². The number of rotatable bonds is 2. The van der Waals surface area contributed by atoms with Gasteiger partial charge in [-0.3, -0.25) is 0 Å². The fourth-order valence-corrected chi connectivity index (χ4v) is 2.52. The zero-order valence-corrected chi connectivity index (χ0v) is 10.1. The van der Waals surface area contributed by atoms with E-state index in [1.54, 1.807) is 11.1 Å². The average molecular weight is 254 g/mol. The molecule has 4 nitrogen and oxygen atoms in total. The van der Waals surface area contributed by atoms with Gasteiger partial charge in [-0.2, -0.15) is 4.98 Å². The molecule has 2 saturated heterocycles. The van der Waals surface area contributed by atoms with Gasteiger partial charge in [0.25, 0.3) is 5.92 Å². The fraction of sp³-hybridized carbons (Fsp3) is 0.667. The van der Waals surface area contributed by atoms with Crippen molar-refractivity contribution in [3.05, 3.63) is 12.3 Å². The van der Waals surface area contributed by atoms with Gasteiger partial charge in [0.1, 0.15) is 5.82 Å². The van der Waals surface area contributed by atoms with Gasteiger partial charge in [0.05, 0.1) is 6.54 Å². The van der Waals surface area contributed by atoms with Crippen molar-refractivity contribution in [2.45, 2.75) is 25.2 Å². The standard InChI is InChI=1S/C12H16F2N4/c13-12(14)4-8-18(9-12)11-15-5-3-10(16-11)17-6-1-2-7-17/h3,5H,1-2,4,6-9H2. The van der Waals surface area contributed by atoms with Crippen LogP contribution >= 0.6 is 0 Å². The first-order chi connectivity index (χ1) is 8.64. The molecule has 0 radical (unpaired) electrons. The maximum absolute atomic E-state index is 13.2. The van der Waals surface area contributed by atoms with Gasteiger partial charge in [-0.1, -0.05) is 0 Å². The molecule has 2 aliphatic rings. The maximum Gasteiger partial charge on any atom is 0.267 e. The summed E-state index contributed by atoms with van der Waals surface area (Å²) in [6.45, 7) is 2.05. The van der Waals surface area contributed by atoms with Crippen LogP contribution in [0.3, 0.4) is 0 Å². The van der Waals surface area contributed by atoms with Crippen LogP contribution < -0.4 is 9.80 Å². The number of hydrogen-bond donors (Lipinski definition) is 0. The molecule has 0 N–H and O–H groups in total. The summed E-state index contributed by atoms with van der Waals surface area (Å²) >= 11 is 0. The minimum absolute atomic E-state index is 0.107. The molecular weight excluding hydrogens is 238 g/mol. The summed E-state index contributed by atoms with van der Waals surface area (Å²) in [5.41, 5.74) is 0. The van der Waals surface area contributed by atoms with Gasteiger partial charge in [-0.25, -0.2) is 13.8 Å². The molecule has 2 aliphatic heterocycles. The molecule has 98 valence electrons. The Morgan fingerprint density at radius 2 is 1.89 bits per heavy atom. The number of anilines is 2. The highest BCUT2D eigenvalue weighted by atomic mass is 19.3. The van der Waals surface area contributed by atoms with Crippen LogP contribution in [0, 0.1) is 0 Å². The molecule has 0 aliphatic carbocycles. The van der Waals surface area contributed by atoms with Crippen molar-refractivity contribution in [1.29, 1.82) is 0 Å². The molecule has 18 heavy (non-hydrogen) atoms. The molecule has 1 aromatic heterocycles. The van der Waals surface area contributed by atoms with E-state index in [0.29, 0.717) is 12.5 Å². The predicted octanol–water partition coefficient (Wildman–Crippen LogP) is 1.92. The molecule has 2 fully saturated rings. The lowest BCUT2D eigenvalue weighted by molar-refractivity contribution is 0.0256. The molecule has 3 rings (SSSR count). The first kappa shape index (κ1) is 11.6. The van der Waals surface area contributed by atoms with Gasteiger partial charge in [0.15, 0.2) is 0 Å². The third-order valence-electron chi connectivity index (χ3n) is 3.51. The lowest BCUT2D eigenvalue weighted by atomic mass is 10.3. The Hall–Kier alpha value is -1.46. The van der Waals surface area contributed by atoms with Crippen LogP contribution in [0.15, 0.2) is 12.3 Å². The Bertz CT molecular complexity index is 432. The first-order valence-electron chi connectivity index (χ1n) is 6.35. The van der Waals surface area contributed by atoms with E-state index in [9.17, 15) is 8.78 Å². The highest BCUT2D eigenvalue weighted by Gasteiger charge is 2.39. The average Bonchev–Trinajstić information content (AvgIpc) is 2.98. The van der Waals surface area contributed by atoms with E-state index in [4.69, 9.17) is 0 Å². The van der Waals surface area contributed by atoms with Gasteiger partial charge >= 0.3 is 0 Å². The van der Waals surface area contributed by atoms with Crippen molar-refractivity contribution in [2.75, 3.05) is 36.0 Å². The number of alkyl halides is 2. The highest BCUT2D eigenvalue weighted by molar-refractivity contribution is 5.45. The van der Waals surface area contributed by atoms with E-state index in [0.717, 1.165) is 18.9 Å². The molecule has 0 bridgehead atoms. The molecule has 1 aromatic rings. The molecule has 0 spiro atoms. The van der Waals surface area contributed by atoms with Crippen LogP contribution in [0.25, 0.3) is 0 Å². The van der Waals surface area contributed by atoms with Crippen LogP contribution in [-0.4, -0.2) is 42.1 Å². The largest absolute Gasteiger partial charge is 0.356 e. The third-order valence-corrected chi connectivity index (χ3v) is 3.51. The van der Waals surface area contributed by atoms with Crippen molar-refractivity contribution >= 4 is 11.8 Å². The molecule has 0 amide bonds. The van der Waals surface area contributed by atoms with Gasteiger partial charge in [-0.05, 0) is 18.9 Å². The number of nitrogens with zero attached hydrogens (tertiary/aromatic N) is 4. The predicted molar refractivity (Wildman–Crippen MR) is 65.3 cm³/mol. The third kappa shape index (κ3) is 2.23. The number of halogens is 2. The van der Waals surface area contributed by atoms with Crippen molar-refractivity contribution in [3.8, 4) is 0 Å². The zero-order valence-electron chi connectivity index (χ0n) is 10.1. The Labute approximate surface area is 105 Å². The summed E-state index contributed by atoms with van der Waals surface area (Å²) in [6.07, 6.45) is 3.89. The quantitative estimate of drug-likeness (QED) is 0.807. The van der Waals surface area contributed by atoms with Crippen molar-refractivity contribution in [2.24, 2.45) is 0 Å². The van der Waals surface area contributed by atoms with Gasteiger partial charge in [0.2, 0.25) is 5.95 Å². The SMILES string of the molecule is FC1(F)CCN(c2nccc(N3CCCC3)n2)C1. The molecule has 0 aromatic carbocycles. The molecular formula is C12H16F2N4. The van der Waals surface area contributed by atoms with Crippen molar-refractivity contribution in [3.63, 3.8) is 0 Å². The van der Waals surface area contributed by atoms with E-state index < -0.39 is 5.92 Å². The summed E-state index contributed by atoms with van der Waals surface area (Å²) in [7, 11) is 0. The normalized spacial score (nSPS) is 22.8. The van der Waals surface area contributed by atoms with Crippen LogP contribution in [0.4, 0.5) is 20.5 Å².